The van der Waals surface area contributed by atoms with E-state index in [0.717, 1.165) is 51.4 Å². The molecule has 0 aliphatic rings. The van der Waals surface area contributed by atoms with Gasteiger partial charge in [-0.25, -0.2) is 0 Å². The number of Topliss-reactive ketones (excluding diaryl/α,β-unsaturated/α-hetero) is 1. The Bertz CT molecular complexity index is 766. The maximum absolute atomic E-state index is 13.2. The summed E-state index contributed by atoms with van der Waals surface area (Å²) >= 11 is 0. The highest BCUT2D eigenvalue weighted by molar-refractivity contribution is 6.10. The Hall–Kier alpha value is -2.26. The standard InChI is InChI=1S/C27H36O3/c1-3-5-7-12-20-27(30,21-13-8-6-4-2)26(29)24-18-16-23(17-19-24)25(28)22-14-10-9-11-15-22/h9-11,14-19,30H,3-8,12-13,20-21H2,1-2H3. The van der Waals surface area contributed by atoms with Crippen LogP contribution in [0.15, 0.2) is 54.6 Å². The first-order valence-corrected chi connectivity index (χ1v) is 11.5. The molecule has 0 radical (unpaired) electrons. The number of unbranched alkanes of at least 4 members (excludes halogenated alkanes) is 6. The zero-order chi connectivity index (χ0) is 21.8. The molecule has 0 amide bonds. The molecule has 0 atom stereocenters. The molecule has 0 fully saturated rings. The van der Waals surface area contributed by atoms with Gasteiger partial charge in [-0.2, -0.15) is 0 Å². The van der Waals surface area contributed by atoms with E-state index < -0.39 is 5.60 Å². The van der Waals surface area contributed by atoms with Gasteiger partial charge in [0.15, 0.2) is 11.6 Å². The van der Waals surface area contributed by atoms with Crippen LogP contribution < -0.4 is 0 Å². The number of rotatable bonds is 14. The average molecular weight is 409 g/mol. The van der Waals surface area contributed by atoms with Gasteiger partial charge in [-0.1, -0.05) is 120 Å². The second kappa shape index (κ2) is 12.4. The number of carbonyl (C=O) groups is 2. The quantitative estimate of drug-likeness (QED) is 0.277. The zero-order valence-corrected chi connectivity index (χ0v) is 18.5. The molecule has 1 N–H and O–H groups in total. The number of hydrogen-bond acceptors (Lipinski definition) is 3. The van der Waals surface area contributed by atoms with Gasteiger partial charge in [0.25, 0.3) is 0 Å². The molecule has 3 nitrogen and oxygen atoms in total. The number of benzene rings is 2. The molecule has 0 saturated heterocycles. The third-order valence-electron chi connectivity index (χ3n) is 5.76. The van der Waals surface area contributed by atoms with Crippen molar-refractivity contribution in [1.29, 1.82) is 0 Å². The Morgan fingerprint density at radius 2 is 1.13 bits per heavy atom. The van der Waals surface area contributed by atoms with E-state index in [4.69, 9.17) is 0 Å². The van der Waals surface area contributed by atoms with Crippen molar-refractivity contribution in [3.05, 3.63) is 71.3 Å². The summed E-state index contributed by atoms with van der Waals surface area (Å²) in [5.74, 6) is -0.279. The van der Waals surface area contributed by atoms with Crippen molar-refractivity contribution in [3.63, 3.8) is 0 Å². The summed E-state index contributed by atoms with van der Waals surface area (Å²) in [5, 5.41) is 11.3. The minimum atomic E-state index is -1.31. The lowest BCUT2D eigenvalue weighted by Crippen LogP contribution is -2.38. The van der Waals surface area contributed by atoms with Crippen molar-refractivity contribution >= 4 is 11.6 Å². The highest BCUT2D eigenvalue weighted by Crippen LogP contribution is 2.27. The van der Waals surface area contributed by atoms with Crippen LogP contribution in [0, 0.1) is 0 Å². The van der Waals surface area contributed by atoms with E-state index in [1.54, 1.807) is 36.4 Å². The van der Waals surface area contributed by atoms with E-state index in [1.165, 1.54) is 0 Å². The summed E-state index contributed by atoms with van der Waals surface area (Å²) in [5.41, 5.74) is 0.340. The summed E-state index contributed by atoms with van der Waals surface area (Å²) in [4.78, 5) is 25.8. The van der Waals surface area contributed by atoms with E-state index in [2.05, 4.69) is 13.8 Å². The Morgan fingerprint density at radius 3 is 1.63 bits per heavy atom. The molecule has 162 valence electrons. The number of aliphatic hydroxyl groups is 1. The predicted octanol–water partition coefficient (Wildman–Crippen LogP) is 6.77. The van der Waals surface area contributed by atoms with Crippen molar-refractivity contribution in [1.82, 2.24) is 0 Å². The Morgan fingerprint density at radius 1 is 0.667 bits per heavy atom. The first-order valence-electron chi connectivity index (χ1n) is 11.5. The third kappa shape index (κ3) is 6.91. The molecule has 0 spiro atoms. The maximum Gasteiger partial charge on any atom is 0.194 e. The predicted molar refractivity (Wildman–Crippen MR) is 123 cm³/mol. The van der Waals surface area contributed by atoms with E-state index >= 15 is 0 Å². The Balaban J connectivity index is 2.12. The summed E-state index contributed by atoms with van der Waals surface area (Å²) < 4.78 is 0. The van der Waals surface area contributed by atoms with Crippen LogP contribution in [-0.2, 0) is 0 Å². The van der Waals surface area contributed by atoms with Gasteiger partial charge in [-0.05, 0) is 12.8 Å². The highest BCUT2D eigenvalue weighted by atomic mass is 16.3. The van der Waals surface area contributed by atoms with Crippen LogP contribution in [0.3, 0.4) is 0 Å². The molecule has 30 heavy (non-hydrogen) atoms. The fourth-order valence-corrected chi connectivity index (χ4v) is 3.84. The second-order valence-corrected chi connectivity index (χ2v) is 8.25. The van der Waals surface area contributed by atoms with E-state index in [0.29, 0.717) is 29.5 Å². The number of ketones is 2. The first kappa shape index (κ1) is 24.0. The van der Waals surface area contributed by atoms with Gasteiger partial charge in [0, 0.05) is 16.7 Å². The topological polar surface area (TPSA) is 54.4 Å². The largest absolute Gasteiger partial charge is 0.382 e. The molecule has 0 aromatic heterocycles. The van der Waals surface area contributed by atoms with Crippen LogP contribution in [-0.4, -0.2) is 22.3 Å². The summed E-state index contributed by atoms with van der Waals surface area (Å²) in [7, 11) is 0. The molecular weight excluding hydrogens is 372 g/mol. The van der Waals surface area contributed by atoms with Crippen LogP contribution in [0.1, 0.15) is 104 Å². The first-order chi connectivity index (χ1) is 14.5. The molecule has 2 rings (SSSR count). The molecule has 0 bridgehead atoms. The van der Waals surface area contributed by atoms with Crippen LogP contribution in [0.2, 0.25) is 0 Å². The van der Waals surface area contributed by atoms with Gasteiger partial charge in [0.05, 0.1) is 0 Å². The lowest BCUT2D eigenvalue weighted by Gasteiger charge is -2.27. The molecule has 2 aromatic rings. The van der Waals surface area contributed by atoms with Gasteiger partial charge >= 0.3 is 0 Å². The van der Waals surface area contributed by atoms with Gasteiger partial charge in [-0.15, -0.1) is 0 Å². The Kier molecular flexibility index (Phi) is 9.96. The number of carbonyl (C=O) groups excluding carboxylic acids is 2. The number of hydrogen-bond donors (Lipinski definition) is 1. The van der Waals surface area contributed by atoms with Crippen molar-refractivity contribution in [2.45, 2.75) is 83.7 Å². The van der Waals surface area contributed by atoms with Crippen molar-refractivity contribution < 1.29 is 14.7 Å². The third-order valence-corrected chi connectivity index (χ3v) is 5.76. The Labute approximate surface area is 181 Å². The smallest absolute Gasteiger partial charge is 0.194 e. The van der Waals surface area contributed by atoms with Crippen molar-refractivity contribution in [2.75, 3.05) is 0 Å². The SMILES string of the molecule is CCCCCCC(O)(CCCCCC)C(=O)c1ccc(C(=O)c2ccccc2)cc1. The lowest BCUT2D eigenvalue weighted by molar-refractivity contribution is 0.0197. The molecule has 0 heterocycles. The van der Waals surface area contributed by atoms with E-state index in [-0.39, 0.29) is 11.6 Å². The van der Waals surface area contributed by atoms with Crippen LogP contribution in [0.5, 0.6) is 0 Å². The normalized spacial score (nSPS) is 11.4. The van der Waals surface area contributed by atoms with Crippen LogP contribution in [0.25, 0.3) is 0 Å². The van der Waals surface area contributed by atoms with E-state index in [1.807, 2.05) is 18.2 Å². The minimum absolute atomic E-state index is 0.0657. The summed E-state index contributed by atoms with van der Waals surface area (Å²) in [6.45, 7) is 4.31. The molecular formula is C27H36O3. The fraction of sp³-hybridized carbons (Fsp3) is 0.481. The lowest BCUT2D eigenvalue weighted by atomic mass is 9.83. The average Bonchev–Trinajstić information content (AvgIpc) is 2.79. The zero-order valence-electron chi connectivity index (χ0n) is 18.5. The summed E-state index contributed by atoms with van der Waals surface area (Å²) in [6.07, 6.45) is 9.28. The van der Waals surface area contributed by atoms with Gasteiger partial charge in [0.1, 0.15) is 5.60 Å². The van der Waals surface area contributed by atoms with Gasteiger partial charge in [-0.3, -0.25) is 9.59 Å². The monoisotopic (exact) mass is 408 g/mol. The maximum atomic E-state index is 13.2. The molecule has 2 aromatic carbocycles. The van der Waals surface area contributed by atoms with Gasteiger partial charge in [0.2, 0.25) is 0 Å². The summed E-state index contributed by atoms with van der Waals surface area (Å²) in [6, 6.07) is 15.9. The highest BCUT2D eigenvalue weighted by Gasteiger charge is 2.35. The molecule has 3 heteroatoms. The van der Waals surface area contributed by atoms with E-state index in [9.17, 15) is 14.7 Å². The minimum Gasteiger partial charge on any atom is -0.382 e. The van der Waals surface area contributed by atoms with Crippen molar-refractivity contribution in [3.8, 4) is 0 Å². The van der Waals surface area contributed by atoms with Crippen LogP contribution >= 0.6 is 0 Å². The molecule has 0 aliphatic carbocycles. The second-order valence-electron chi connectivity index (χ2n) is 8.25. The molecule has 0 saturated carbocycles. The van der Waals surface area contributed by atoms with Crippen LogP contribution in [0.4, 0.5) is 0 Å². The fourth-order valence-electron chi connectivity index (χ4n) is 3.84. The van der Waals surface area contributed by atoms with Crippen molar-refractivity contribution in [2.24, 2.45) is 0 Å². The molecule has 0 unspecified atom stereocenters. The van der Waals surface area contributed by atoms with Gasteiger partial charge < -0.3 is 5.11 Å². The molecule has 0 aliphatic heterocycles.